The van der Waals surface area contributed by atoms with Crippen LogP contribution in [0.3, 0.4) is 0 Å². The molecule has 2 rings (SSSR count). The maximum absolute atomic E-state index is 12.4. The summed E-state index contributed by atoms with van der Waals surface area (Å²) in [6.07, 6.45) is 0. The Balaban J connectivity index is 1.99. The Morgan fingerprint density at radius 1 is 0.962 bits per heavy atom. The van der Waals surface area contributed by atoms with Crippen LogP contribution in [0.15, 0.2) is 48.5 Å². The number of rotatable bonds is 6. The molecule has 6 nitrogen and oxygen atoms in total. The van der Waals surface area contributed by atoms with Gasteiger partial charge < -0.3 is 15.5 Å². The number of anilines is 3. The molecule has 0 fully saturated rings. The number of amides is 2. The molecule has 1 atom stereocenters. The van der Waals surface area contributed by atoms with E-state index in [0.717, 1.165) is 11.4 Å². The molecule has 0 saturated carbocycles. The summed E-state index contributed by atoms with van der Waals surface area (Å²) >= 11 is 0. The zero-order valence-corrected chi connectivity index (χ0v) is 15.4. The lowest BCUT2D eigenvalue weighted by Gasteiger charge is -2.18. The summed E-state index contributed by atoms with van der Waals surface area (Å²) in [4.78, 5) is 36.7. The third kappa shape index (κ3) is 4.92. The minimum absolute atomic E-state index is 0.0498. The molecule has 136 valence electrons. The molecular weight excluding hydrogens is 330 g/mol. The molecule has 0 aliphatic heterocycles. The van der Waals surface area contributed by atoms with Crippen molar-refractivity contribution in [3.05, 3.63) is 54.1 Å². The lowest BCUT2D eigenvalue weighted by Crippen LogP contribution is -2.32. The maximum Gasteiger partial charge on any atom is 0.246 e. The largest absolute Gasteiger partial charge is 0.374 e. The SMILES string of the molecule is CC(=O)c1cccc(NC(=O)C(C)Nc2ccc(N(C)C(C)=O)cc2)c1. The Kier molecular flexibility index (Phi) is 6.11. The number of nitrogens with one attached hydrogen (secondary N) is 2. The summed E-state index contributed by atoms with van der Waals surface area (Å²) in [5.74, 6) is -0.315. The molecular formula is C20H23N3O3. The van der Waals surface area contributed by atoms with Gasteiger partial charge in [0, 0.05) is 36.6 Å². The van der Waals surface area contributed by atoms with Crippen molar-refractivity contribution in [1.82, 2.24) is 0 Å². The summed E-state index contributed by atoms with van der Waals surface area (Å²) in [6.45, 7) is 4.73. The second-order valence-corrected chi connectivity index (χ2v) is 6.12. The van der Waals surface area contributed by atoms with E-state index in [0.29, 0.717) is 11.3 Å². The van der Waals surface area contributed by atoms with Crippen molar-refractivity contribution in [3.8, 4) is 0 Å². The minimum atomic E-state index is -0.479. The van der Waals surface area contributed by atoms with Gasteiger partial charge in [-0.25, -0.2) is 0 Å². The normalized spacial score (nSPS) is 11.4. The molecule has 2 aromatic rings. The van der Waals surface area contributed by atoms with E-state index in [1.165, 1.54) is 13.8 Å². The third-order valence-corrected chi connectivity index (χ3v) is 4.04. The summed E-state index contributed by atoms with van der Waals surface area (Å²) in [5, 5.41) is 5.91. The molecule has 0 radical (unpaired) electrons. The lowest BCUT2D eigenvalue weighted by atomic mass is 10.1. The number of benzene rings is 2. The molecule has 0 aliphatic carbocycles. The van der Waals surface area contributed by atoms with Crippen LogP contribution in [0.2, 0.25) is 0 Å². The van der Waals surface area contributed by atoms with Gasteiger partial charge in [-0.05, 0) is 50.2 Å². The van der Waals surface area contributed by atoms with E-state index < -0.39 is 6.04 Å². The highest BCUT2D eigenvalue weighted by atomic mass is 16.2. The van der Waals surface area contributed by atoms with Crippen molar-refractivity contribution < 1.29 is 14.4 Å². The van der Waals surface area contributed by atoms with Gasteiger partial charge in [-0.15, -0.1) is 0 Å². The highest BCUT2D eigenvalue weighted by molar-refractivity contribution is 5.99. The van der Waals surface area contributed by atoms with Gasteiger partial charge in [0.15, 0.2) is 5.78 Å². The van der Waals surface area contributed by atoms with Gasteiger partial charge in [-0.3, -0.25) is 14.4 Å². The van der Waals surface area contributed by atoms with E-state index in [9.17, 15) is 14.4 Å². The molecule has 2 N–H and O–H groups in total. The van der Waals surface area contributed by atoms with Gasteiger partial charge in [0.1, 0.15) is 6.04 Å². The van der Waals surface area contributed by atoms with Crippen molar-refractivity contribution >= 4 is 34.7 Å². The van der Waals surface area contributed by atoms with Crippen LogP contribution in [-0.2, 0) is 9.59 Å². The zero-order valence-electron chi connectivity index (χ0n) is 15.4. The fraction of sp³-hybridized carbons (Fsp3) is 0.250. The first-order chi connectivity index (χ1) is 12.3. The van der Waals surface area contributed by atoms with Crippen molar-refractivity contribution in [1.29, 1.82) is 0 Å². The number of carbonyl (C=O) groups is 3. The van der Waals surface area contributed by atoms with Crippen molar-refractivity contribution in [2.24, 2.45) is 0 Å². The second kappa shape index (κ2) is 8.29. The van der Waals surface area contributed by atoms with Crippen LogP contribution in [0.4, 0.5) is 17.1 Å². The number of hydrogen-bond acceptors (Lipinski definition) is 4. The molecule has 0 spiro atoms. The van der Waals surface area contributed by atoms with Crippen LogP contribution in [-0.4, -0.2) is 30.7 Å². The van der Waals surface area contributed by atoms with E-state index in [1.54, 1.807) is 43.1 Å². The topological polar surface area (TPSA) is 78.5 Å². The summed E-state index contributed by atoms with van der Waals surface area (Å²) in [7, 11) is 1.70. The molecule has 0 saturated heterocycles. The summed E-state index contributed by atoms with van der Waals surface area (Å²) < 4.78 is 0. The van der Waals surface area contributed by atoms with Crippen LogP contribution in [0.25, 0.3) is 0 Å². The highest BCUT2D eigenvalue weighted by Crippen LogP contribution is 2.18. The fourth-order valence-electron chi connectivity index (χ4n) is 2.35. The quantitative estimate of drug-likeness (QED) is 0.781. The van der Waals surface area contributed by atoms with Gasteiger partial charge in [0.25, 0.3) is 0 Å². The predicted octanol–water partition coefficient (Wildman–Crippen LogP) is 3.31. The number of carbonyl (C=O) groups excluding carboxylic acids is 3. The van der Waals surface area contributed by atoms with Crippen LogP contribution >= 0.6 is 0 Å². The first-order valence-corrected chi connectivity index (χ1v) is 8.30. The molecule has 0 aliphatic rings. The van der Waals surface area contributed by atoms with E-state index in [-0.39, 0.29) is 17.6 Å². The van der Waals surface area contributed by atoms with Crippen LogP contribution < -0.4 is 15.5 Å². The van der Waals surface area contributed by atoms with Crippen LogP contribution in [0.1, 0.15) is 31.1 Å². The predicted molar refractivity (Wildman–Crippen MR) is 104 cm³/mol. The van der Waals surface area contributed by atoms with Crippen LogP contribution in [0, 0.1) is 0 Å². The summed E-state index contributed by atoms with van der Waals surface area (Å²) in [5.41, 5.74) is 2.68. The standard InChI is InChI=1S/C20H23N3O3/c1-13(20(26)22-18-7-5-6-16(12-18)14(2)24)21-17-8-10-19(11-9-17)23(4)15(3)25/h5-13,21H,1-4H3,(H,22,26). The van der Waals surface area contributed by atoms with Crippen molar-refractivity contribution in [2.45, 2.75) is 26.8 Å². The molecule has 26 heavy (non-hydrogen) atoms. The minimum Gasteiger partial charge on any atom is -0.374 e. The van der Waals surface area contributed by atoms with Gasteiger partial charge >= 0.3 is 0 Å². The van der Waals surface area contributed by atoms with E-state index in [4.69, 9.17) is 0 Å². The summed E-state index contributed by atoms with van der Waals surface area (Å²) in [6, 6.07) is 13.6. The zero-order chi connectivity index (χ0) is 19.3. The number of hydrogen-bond donors (Lipinski definition) is 2. The molecule has 2 amide bonds. The maximum atomic E-state index is 12.4. The Morgan fingerprint density at radius 3 is 2.19 bits per heavy atom. The Morgan fingerprint density at radius 2 is 1.62 bits per heavy atom. The molecule has 6 heteroatoms. The second-order valence-electron chi connectivity index (χ2n) is 6.12. The number of nitrogens with zero attached hydrogens (tertiary/aromatic N) is 1. The van der Waals surface area contributed by atoms with Gasteiger partial charge in [-0.2, -0.15) is 0 Å². The number of Topliss-reactive ketones (excluding diaryl/α,β-unsaturated/α-hetero) is 1. The third-order valence-electron chi connectivity index (χ3n) is 4.04. The van der Waals surface area contributed by atoms with E-state index >= 15 is 0 Å². The monoisotopic (exact) mass is 353 g/mol. The molecule has 0 bridgehead atoms. The molecule has 2 aromatic carbocycles. The molecule has 0 aromatic heterocycles. The first kappa shape index (κ1) is 19.2. The van der Waals surface area contributed by atoms with Gasteiger partial charge in [0.2, 0.25) is 11.8 Å². The van der Waals surface area contributed by atoms with Crippen molar-refractivity contribution in [3.63, 3.8) is 0 Å². The average Bonchev–Trinajstić information content (AvgIpc) is 2.61. The lowest BCUT2D eigenvalue weighted by molar-refractivity contribution is -0.117. The Labute approximate surface area is 153 Å². The first-order valence-electron chi connectivity index (χ1n) is 8.30. The van der Waals surface area contributed by atoms with Crippen molar-refractivity contribution in [2.75, 3.05) is 22.6 Å². The highest BCUT2D eigenvalue weighted by Gasteiger charge is 2.14. The number of ketones is 1. The Hall–Kier alpha value is -3.15. The Bertz CT molecular complexity index is 815. The van der Waals surface area contributed by atoms with Gasteiger partial charge in [0.05, 0.1) is 0 Å². The van der Waals surface area contributed by atoms with Gasteiger partial charge in [-0.1, -0.05) is 12.1 Å². The van der Waals surface area contributed by atoms with Crippen LogP contribution in [0.5, 0.6) is 0 Å². The molecule has 1 unspecified atom stereocenters. The smallest absolute Gasteiger partial charge is 0.246 e. The van der Waals surface area contributed by atoms with E-state index in [2.05, 4.69) is 10.6 Å². The average molecular weight is 353 g/mol. The molecule has 0 heterocycles. The fourth-order valence-corrected chi connectivity index (χ4v) is 2.35. The van der Waals surface area contributed by atoms with E-state index in [1.807, 2.05) is 24.3 Å².